The molecular formula is C7H5N2O. The van der Waals surface area contributed by atoms with Crippen molar-refractivity contribution in [3.63, 3.8) is 0 Å². The number of anilines is 1. The minimum atomic E-state index is 0.502. The van der Waals surface area contributed by atoms with E-state index >= 15 is 0 Å². The van der Waals surface area contributed by atoms with Gasteiger partial charge in [0.1, 0.15) is 5.82 Å². The molecule has 0 saturated heterocycles. The highest BCUT2D eigenvalue weighted by Crippen LogP contribution is 2.14. The number of nitrogens with two attached hydrogens (primary N) is 1. The van der Waals surface area contributed by atoms with Crippen LogP contribution in [0.15, 0.2) is 22.7 Å². The minimum absolute atomic E-state index is 0.502. The van der Waals surface area contributed by atoms with Crippen molar-refractivity contribution in [1.82, 2.24) is 4.98 Å². The Balaban J connectivity index is 2.86. The van der Waals surface area contributed by atoms with Gasteiger partial charge in [-0.2, -0.15) is 0 Å². The zero-order chi connectivity index (χ0) is 6.97. The van der Waals surface area contributed by atoms with Crippen molar-refractivity contribution in [1.29, 1.82) is 0 Å². The van der Waals surface area contributed by atoms with Crippen LogP contribution in [0.4, 0.5) is 5.82 Å². The van der Waals surface area contributed by atoms with Crippen LogP contribution in [-0.2, 0) is 0 Å². The molecule has 0 spiro atoms. The lowest BCUT2D eigenvalue weighted by Gasteiger charge is -1.88. The molecule has 0 bridgehead atoms. The summed E-state index contributed by atoms with van der Waals surface area (Å²) >= 11 is 0. The standard InChI is InChI=1S/C7H5N2O/c8-7-3-5-1-2-10-6(5)4-9-7/h1,3-4H,(H2,8,9). The fourth-order valence-electron chi connectivity index (χ4n) is 0.830. The summed E-state index contributed by atoms with van der Waals surface area (Å²) in [6, 6.07) is 3.47. The molecule has 0 unspecified atom stereocenters. The van der Waals surface area contributed by atoms with Crippen molar-refractivity contribution in [2.24, 2.45) is 0 Å². The van der Waals surface area contributed by atoms with Gasteiger partial charge in [0.15, 0.2) is 11.8 Å². The van der Waals surface area contributed by atoms with E-state index < -0.39 is 0 Å². The van der Waals surface area contributed by atoms with Gasteiger partial charge >= 0.3 is 0 Å². The highest BCUT2D eigenvalue weighted by molar-refractivity contribution is 5.78. The molecule has 0 atom stereocenters. The molecule has 0 amide bonds. The molecule has 0 aliphatic carbocycles. The molecule has 0 aliphatic rings. The number of aromatic nitrogens is 1. The van der Waals surface area contributed by atoms with Crippen LogP contribution in [0, 0.1) is 6.26 Å². The number of fused-ring (bicyclic) bond motifs is 1. The third-order valence-corrected chi connectivity index (χ3v) is 1.30. The maximum absolute atomic E-state index is 5.42. The van der Waals surface area contributed by atoms with Crippen LogP contribution in [0.5, 0.6) is 0 Å². The number of hydrogen-bond acceptors (Lipinski definition) is 3. The van der Waals surface area contributed by atoms with Gasteiger partial charge in [0.05, 0.1) is 6.20 Å². The molecule has 0 saturated carbocycles. The van der Waals surface area contributed by atoms with Crippen LogP contribution in [0.3, 0.4) is 0 Å². The van der Waals surface area contributed by atoms with E-state index in [1.165, 1.54) is 0 Å². The van der Waals surface area contributed by atoms with Gasteiger partial charge in [0.2, 0.25) is 0 Å². The summed E-state index contributed by atoms with van der Waals surface area (Å²) in [5.41, 5.74) is 6.13. The summed E-state index contributed by atoms with van der Waals surface area (Å²) in [5, 5.41) is 0.938. The lowest BCUT2D eigenvalue weighted by molar-refractivity contribution is 0.604. The van der Waals surface area contributed by atoms with Crippen molar-refractivity contribution in [3.05, 3.63) is 24.6 Å². The Kier molecular flexibility index (Phi) is 0.917. The molecule has 1 radical (unpaired) electrons. The van der Waals surface area contributed by atoms with Gasteiger partial charge in [-0.3, -0.25) is 0 Å². The SMILES string of the molecule is Nc1cc2c[c]oc2cn1. The Morgan fingerprint density at radius 1 is 1.60 bits per heavy atom. The van der Waals surface area contributed by atoms with Crippen molar-refractivity contribution >= 4 is 16.8 Å². The average molecular weight is 133 g/mol. The van der Waals surface area contributed by atoms with Crippen molar-refractivity contribution in [2.45, 2.75) is 0 Å². The molecule has 0 aliphatic heterocycles. The Morgan fingerprint density at radius 3 is 3.40 bits per heavy atom. The molecule has 2 aromatic rings. The summed E-state index contributed by atoms with van der Waals surface area (Å²) < 4.78 is 4.93. The van der Waals surface area contributed by atoms with E-state index in [4.69, 9.17) is 10.2 Å². The Morgan fingerprint density at radius 2 is 2.50 bits per heavy atom. The molecule has 2 N–H and O–H groups in total. The first-order valence-electron chi connectivity index (χ1n) is 2.87. The zero-order valence-electron chi connectivity index (χ0n) is 5.16. The average Bonchev–Trinajstić information content (AvgIpc) is 2.33. The predicted molar refractivity (Wildman–Crippen MR) is 37.3 cm³/mol. The first kappa shape index (κ1) is 5.29. The highest BCUT2D eigenvalue weighted by atomic mass is 16.3. The van der Waals surface area contributed by atoms with Gasteiger partial charge in [-0.15, -0.1) is 0 Å². The van der Waals surface area contributed by atoms with E-state index in [2.05, 4.69) is 11.2 Å². The van der Waals surface area contributed by atoms with E-state index in [-0.39, 0.29) is 0 Å². The van der Waals surface area contributed by atoms with E-state index in [9.17, 15) is 0 Å². The number of rotatable bonds is 0. The number of nitrogens with zero attached hydrogens (tertiary/aromatic N) is 1. The molecular weight excluding hydrogens is 128 g/mol. The highest BCUT2D eigenvalue weighted by Gasteiger charge is 1.95. The second kappa shape index (κ2) is 1.73. The van der Waals surface area contributed by atoms with Crippen LogP contribution in [0.25, 0.3) is 11.0 Å². The van der Waals surface area contributed by atoms with E-state index in [0.29, 0.717) is 11.4 Å². The zero-order valence-corrected chi connectivity index (χ0v) is 5.16. The van der Waals surface area contributed by atoms with Crippen molar-refractivity contribution in [3.8, 4) is 0 Å². The van der Waals surface area contributed by atoms with Crippen LogP contribution < -0.4 is 5.73 Å². The summed E-state index contributed by atoms with van der Waals surface area (Å²) in [5.74, 6) is 0.502. The summed E-state index contributed by atoms with van der Waals surface area (Å²) in [7, 11) is 0. The quantitative estimate of drug-likeness (QED) is 0.587. The molecule has 2 aromatic heterocycles. The number of hydrogen-bond donors (Lipinski definition) is 1. The van der Waals surface area contributed by atoms with Crippen LogP contribution >= 0.6 is 0 Å². The van der Waals surface area contributed by atoms with Crippen molar-refractivity contribution < 1.29 is 4.42 Å². The predicted octanol–water partition coefficient (Wildman–Crippen LogP) is 1.21. The lowest BCUT2D eigenvalue weighted by atomic mass is 10.3. The van der Waals surface area contributed by atoms with E-state index in [0.717, 1.165) is 5.39 Å². The number of nitrogen functional groups attached to an aromatic ring is 1. The van der Waals surface area contributed by atoms with Crippen LogP contribution in [0.2, 0.25) is 0 Å². The van der Waals surface area contributed by atoms with Gasteiger partial charge in [0.25, 0.3) is 0 Å². The third kappa shape index (κ3) is 0.639. The fourth-order valence-corrected chi connectivity index (χ4v) is 0.830. The smallest absolute Gasteiger partial charge is 0.170 e. The first-order chi connectivity index (χ1) is 4.86. The molecule has 2 heterocycles. The number of furan rings is 1. The molecule has 3 nitrogen and oxygen atoms in total. The van der Waals surface area contributed by atoms with Crippen LogP contribution in [0.1, 0.15) is 0 Å². The summed E-state index contributed by atoms with van der Waals surface area (Å²) in [6.07, 6.45) is 4.18. The minimum Gasteiger partial charge on any atom is -0.451 e. The van der Waals surface area contributed by atoms with Crippen LogP contribution in [-0.4, -0.2) is 4.98 Å². The fraction of sp³-hybridized carbons (Fsp3) is 0. The second-order valence-corrected chi connectivity index (χ2v) is 2.01. The Labute approximate surface area is 57.5 Å². The summed E-state index contributed by atoms with van der Waals surface area (Å²) in [6.45, 7) is 0. The van der Waals surface area contributed by atoms with Gasteiger partial charge in [0, 0.05) is 5.39 Å². The first-order valence-corrected chi connectivity index (χ1v) is 2.87. The Bertz CT molecular complexity index is 353. The summed E-state index contributed by atoms with van der Waals surface area (Å²) in [4.78, 5) is 3.84. The van der Waals surface area contributed by atoms with Gasteiger partial charge in [-0.1, -0.05) is 0 Å². The normalized spacial score (nSPS) is 10.4. The van der Waals surface area contributed by atoms with Gasteiger partial charge in [-0.05, 0) is 12.1 Å². The van der Waals surface area contributed by atoms with E-state index in [1.807, 2.05) is 0 Å². The lowest BCUT2D eigenvalue weighted by Crippen LogP contribution is -1.86. The maximum atomic E-state index is 5.42. The van der Waals surface area contributed by atoms with Gasteiger partial charge in [-0.25, -0.2) is 4.98 Å². The molecule has 10 heavy (non-hydrogen) atoms. The molecule has 0 fully saturated rings. The van der Waals surface area contributed by atoms with Crippen molar-refractivity contribution in [2.75, 3.05) is 5.73 Å². The van der Waals surface area contributed by atoms with E-state index in [1.54, 1.807) is 18.3 Å². The topological polar surface area (TPSA) is 52.0 Å². The third-order valence-electron chi connectivity index (χ3n) is 1.30. The second-order valence-electron chi connectivity index (χ2n) is 2.01. The molecule has 3 heteroatoms. The Hall–Kier alpha value is -1.51. The molecule has 2 rings (SSSR count). The molecule has 49 valence electrons. The monoisotopic (exact) mass is 133 g/mol. The number of pyridine rings is 1. The largest absolute Gasteiger partial charge is 0.451 e. The molecule has 0 aromatic carbocycles. The maximum Gasteiger partial charge on any atom is 0.170 e. The van der Waals surface area contributed by atoms with Gasteiger partial charge < -0.3 is 10.2 Å².